The van der Waals surface area contributed by atoms with Crippen molar-refractivity contribution in [3.05, 3.63) is 0 Å². The van der Waals surface area contributed by atoms with Crippen LogP contribution in [0.3, 0.4) is 0 Å². The molecule has 1 aliphatic carbocycles. The van der Waals surface area contributed by atoms with Crippen LogP contribution in [0.2, 0.25) is 0 Å². The zero-order valence-electron chi connectivity index (χ0n) is 7.89. The fourth-order valence-corrected chi connectivity index (χ4v) is 1.58. The van der Waals surface area contributed by atoms with Gasteiger partial charge in [0.25, 0.3) is 0 Å². The highest BCUT2D eigenvalue weighted by Gasteiger charge is 2.27. The fourth-order valence-electron chi connectivity index (χ4n) is 1.58. The molecule has 3 N–H and O–H groups in total. The largest absolute Gasteiger partial charge is 0.395 e. The summed E-state index contributed by atoms with van der Waals surface area (Å²) in [6.07, 6.45) is 3.45. The molecular formula is C8H14N4O2. The second-order valence-electron chi connectivity index (χ2n) is 3.42. The van der Waals surface area contributed by atoms with Crippen molar-refractivity contribution in [1.29, 1.82) is 0 Å². The Morgan fingerprint density at radius 1 is 1.50 bits per heavy atom. The minimum absolute atomic E-state index is 0.0715. The number of rotatable bonds is 4. The van der Waals surface area contributed by atoms with Gasteiger partial charge >= 0.3 is 12.0 Å². The summed E-state index contributed by atoms with van der Waals surface area (Å²) in [5.41, 5.74) is 5.34. The van der Waals surface area contributed by atoms with Crippen LogP contribution in [0, 0.1) is 0 Å². The Morgan fingerprint density at radius 2 is 2.29 bits per heavy atom. The van der Waals surface area contributed by atoms with Gasteiger partial charge < -0.3 is 20.2 Å². The van der Waals surface area contributed by atoms with E-state index in [4.69, 9.17) is 15.3 Å². The second-order valence-corrected chi connectivity index (χ2v) is 3.42. The molecule has 0 atom stereocenters. The van der Waals surface area contributed by atoms with E-state index in [1.54, 1.807) is 0 Å². The molecule has 0 radical (unpaired) electrons. The van der Waals surface area contributed by atoms with Crippen molar-refractivity contribution in [2.24, 2.45) is 0 Å². The lowest BCUT2D eigenvalue weighted by Gasteiger charge is -2.35. The minimum Gasteiger partial charge on any atom is -0.395 e. The highest BCUT2D eigenvalue weighted by molar-refractivity contribution is 5.30. The summed E-state index contributed by atoms with van der Waals surface area (Å²) < 4.78 is 5.13. The number of nitrogens with two attached hydrogens (primary N) is 1. The van der Waals surface area contributed by atoms with Crippen molar-refractivity contribution in [1.82, 2.24) is 10.2 Å². The molecule has 14 heavy (non-hydrogen) atoms. The van der Waals surface area contributed by atoms with E-state index in [1.165, 1.54) is 6.42 Å². The third-order valence-corrected chi connectivity index (χ3v) is 2.53. The summed E-state index contributed by atoms with van der Waals surface area (Å²) in [5, 5.41) is 16.3. The monoisotopic (exact) mass is 198 g/mol. The van der Waals surface area contributed by atoms with Crippen LogP contribution in [-0.2, 0) is 0 Å². The maximum atomic E-state index is 8.91. The van der Waals surface area contributed by atoms with Gasteiger partial charge in [-0.1, -0.05) is 10.2 Å². The molecule has 0 spiro atoms. The first kappa shape index (κ1) is 9.26. The van der Waals surface area contributed by atoms with Crippen molar-refractivity contribution >= 4 is 12.0 Å². The van der Waals surface area contributed by atoms with Crippen LogP contribution in [0.1, 0.15) is 19.3 Å². The lowest BCUT2D eigenvalue weighted by atomic mass is 9.92. The number of aromatic nitrogens is 2. The normalized spacial score (nSPS) is 16.6. The Balaban J connectivity index is 2.09. The van der Waals surface area contributed by atoms with Gasteiger partial charge in [-0.2, -0.15) is 0 Å². The van der Waals surface area contributed by atoms with Crippen molar-refractivity contribution in [3.8, 4) is 0 Å². The highest BCUT2D eigenvalue weighted by Crippen LogP contribution is 2.28. The van der Waals surface area contributed by atoms with Gasteiger partial charge in [0.05, 0.1) is 6.61 Å². The third kappa shape index (κ3) is 1.65. The molecule has 78 valence electrons. The van der Waals surface area contributed by atoms with Gasteiger partial charge in [-0.15, -0.1) is 0 Å². The number of nitrogens with zero attached hydrogens (tertiary/aromatic N) is 3. The van der Waals surface area contributed by atoms with Gasteiger partial charge in [-0.25, -0.2) is 0 Å². The second kappa shape index (κ2) is 3.83. The predicted octanol–water partition coefficient (Wildman–Crippen LogP) is 0.00300. The van der Waals surface area contributed by atoms with Crippen LogP contribution in [0.4, 0.5) is 12.0 Å². The lowest BCUT2D eigenvalue weighted by molar-refractivity contribution is 0.277. The van der Waals surface area contributed by atoms with Crippen LogP contribution in [0.5, 0.6) is 0 Å². The van der Waals surface area contributed by atoms with Crippen LogP contribution < -0.4 is 10.6 Å². The third-order valence-electron chi connectivity index (χ3n) is 2.53. The standard InChI is InChI=1S/C8H14N4O2/c9-7-10-11-8(14-7)12(4-5-13)6-2-1-3-6/h6,13H,1-5H2,(H2,9,10). The smallest absolute Gasteiger partial charge is 0.319 e. The number of hydrogen-bond acceptors (Lipinski definition) is 6. The topological polar surface area (TPSA) is 88.4 Å². The first-order valence-corrected chi connectivity index (χ1v) is 4.77. The lowest BCUT2D eigenvalue weighted by Crippen LogP contribution is -2.42. The SMILES string of the molecule is Nc1nnc(N(CCO)C2CCC2)o1. The molecule has 1 aliphatic rings. The molecule has 0 aromatic carbocycles. The molecule has 1 heterocycles. The minimum atomic E-state index is 0.0715. The van der Waals surface area contributed by atoms with Crippen LogP contribution in [0.15, 0.2) is 4.42 Å². The summed E-state index contributed by atoms with van der Waals surface area (Å²) in [6, 6.07) is 0.908. The van der Waals surface area contributed by atoms with Crippen LogP contribution in [0.25, 0.3) is 0 Å². The Labute approximate surface area is 81.7 Å². The Hall–Kier alpha value is -1.30. The van der Waals surface area contributed by atoms with E-state index in [9.17, 15) is 0 Å². The summed E-state index contributed by atoms with van der Waals surface area (Å²) in [6.45, 7) is 0.602. The van der Waals surface area contributed by atoms with E-state index in [1.807, 2.05) is 4.90 Å². The number of hydrogen-bond donors (Lipinski definition) is 2. The number of aliphatic hydroxyl groups excluding tert-OH is 1. The molecule has 6 nitrogen and oxygen atoms in total. The van der Waals surface area contributed by atoms with E-state index in [-0.39, 0.29) is 12.6 Å². The van der Waals surface area contributed by atoms with Gasteiger partial charge in [0.15, 0.2) is 0 Å². The molecule has 1 aromatic rings. The van der Waals surface area contributed by atoms with Crippen LogP contribution >= 0.6 is 0 Å². The number of anilines is 2. The van der Waals surface area contributed by atoms with E-state index >= 15 is 0 Å². The quantitative estimate of drug-likeness (QED) is 0.708. The molecule has 0 unspecified atom stereocenters. The maximum absolute atomic E-state index is 8.91. The molecule has 1 saturated carbocycles. The molecule has 1 fully saturated rings. The van der Waals surface area contributed by atoms with E-state index in [2.05, 4.69) is 10.2 Å². The highest BCUT2D eigenvalue weighted by atomic mass is 16.4. The Morgan fingerprint density at radius 3 is 2.71 bits per heavy atom. The zero-order valence-corrected chi connectivity index (χ0v) is 7.89. The van der Waals surface area contributed by atoms with Crippen molar-refractivity contribution in [3.63, 3.8) is 0 Å². The summed E-state index contributed by atoms with van der Waals surface area (Å²) in [4.78, 5) is 1.92. The van der Waals surface area contributed by atoms with Crippen molar-refractivity contribution in [2.45, 2.75) is 25.3 Å². The molecule has 0 saturated heterocycles. The number of aliphatic hydroxyl groups is 1. The molecule has 0 bridgehead atoms. The molecular weight excluding hydrogens is 184 g/mol. The molecule has 0 amide bonds. The molecule has 6 heteroatoms. The summed E-state index contributed by atoms with van der Waals surface area (Å²) >= 11 is 0. The molecule has 2 rings (SSSR count). The average molecular weight is 198 g/mol. The Bertz CT molecular complexity index is 297. The first-order chi connectivity index (χ1) is 6.81. The maximum Gasteiger partial charge on any atom is 0.319 e. The fraction of sp³-hybridized carbons (Fsp3) is 0.750. The van der Waals surface area contributed by atoms with E-state index in [0.29, 0.717) is 18.6 Å². The number of nitrogen functional groups attached to an aromatic ring is 1. The zero-order chi connectivity index (χ0) is 9.97. The van der Waals surface area contributed by atoms with E-state index < -0.39 is 0 Å². The van der Waals surface area contributed by atoms with Gasteiger partial charge in [0.1, 0.15) is 0 Å². The molecule has 1 aromatic heterocycles. The Kier molecular flexibility index (Phi) is 2.53. The van der Waals surface area contributed by atoms with Crippen molar-refractivity contribution < 1.29 is 9.52 Å². The van der Waals surface area contributed by atoms with Gasteiger partial charge in [0.2, 0.25) is 0 Å². The van der Waals surface area contributed by atoms with Gasteiger partial charge in [0, 0.05) is 12.6 Å². The van der Waals surface area contributed by atoms with Crippen molar-refractivity contribution in [2.75, 3.05) is 23.8 Å². The summed E-state index contributed by atoms with van der Waals surface area (Å²) in [7, 11) is 0. The molecule has 0 aliphatic heterocycles. The first-order valence-electron chi connectivity index (χ1n) is 4.77. The van der Waals surface area contributed by atoms with Crippen LogP contribution in [-0.4, -0.2) is 34.5 Å². The average Bonchev–Trinajstić information content (AvgIpc) is 2.48. The van der Waals surface area contributed by atoms with E-state index in [0.717, 1.165) is 12.8 Å². The van der Waals surface area contributed by atoms with Gasteiger partial charge in [-0.3, -0.25) is 0 Å². The van der Waals surface area contributed by atoms with Gasteiger partial charge in [-0.05, 0) is 19.3 Å². The predicted molar refractivity (Wildman–Crippen MR) is 50.8 cm³/mol. The summed E-state index contributed by atoms with van der Waals surface area (Å²) in [5.74, 6) is 0.